The van der Waals surface area contributed by atoms with Crippen molar-refractivity contribution in [2.45, 2.75) is 45.8 Å². The van der Waals surface area contributed by atoms with Gasteiger partial charge in [0, 0.05) is 34.8 Å². The Hall–Kier alpha value is -3.36. The van der Waals surface area contributed by atoms with Crippen molar-refractivity contribution >= 4 is 16.8 Å². The summed E-state index contributed by atoms with van der Waals surface area (Å²) in [4.78, 5) is 25.6. The summed E-state index contributed by atoms with van der Waals surface area (Å²) in [5, 5.41) is 42.7. The highest BCUT2D eigenvalue weighted by molar-refractivity contribution is 6.06. The number of rotatable bonds is 2. The van der Waals surface area contributed by atoms with Crippen molar-refractivity contribution in [3.63, 3.8) is 0 Å². The fourth-order valence-electron chi connectivity index (χ4n) is 4.08. The molecular weight excluding hydrogens is 404 g/mol. The second-order valence-electron chi connectivity index (χ2n) is 8.12. The van der Waals surface area contributed by atoms with E-state index in [1.54, 1.807) is 19.9 Å². The molecule has 0 spiro atoms. The lowest BCUT2D eigenvalue weighted by molar-refractivity contribution is -0.141. The number of phenols is 2. The smallest absolute Gasteiger partial charge is 0.196 e. The second kappa shape index (κ2) is 6.83. The summed E-state index contributed by atoms with van der Waals surface area (Å²) < 4.78 is 10.9. The Kier molecular flexibility index (Phi) is 4.60. The summed E-state index contributed by atoms with van der Waals surface area (Å²) in [6.07, 6.45) is 0.998. The van der Waals surface area contributed by atoms with E-state index in [9.17, 15) is 30.0 Å². The maximum Gasteiger partial charge on any atom is 0.196 e. The number of aliphatic hydroxyl groups excluding tert-OH is 1. The topological polar surface area (TPSA) is 137 Å². The molecule has 0 radical (unpaired) electrons. The molecule has 1 aliphatic heterocycles. The fraction of sp³-hybridized carbons (Fsp3) is 0.304. The van der Waals surface area contributed by atoms with Gasteiger partial charge in [-0.05, 0) is 39.3 Å². The highest BCUT2D eigenvalue weighted by atomic mass is 16.5. The Labute approximate surface area is 177 Å². The van der Waals surface area contributed by atoms with Crippen molar-refractivity contribution in [3.05, 3.63) is 68.0 Å². The summed E-state index contributed by atoms with van der Waals surface area (Å²) >= 11 is 0. The van der Waals surface area contributed by atoms with E-state index in [0.717, 1.165) is 0 Å². The molecule has 4 rings (SSSR count). The van der Waals surface area contributed by atoms with Crippen molar-refractivity contribution in [1.29, 1.82) is 0 Å². The molecule has 31 heavy (non-hydrogen) atoms. The number of carbonyl (C=O) groups is 1. The lowest BCUT2D eigenvalue weighted by Crippen LogP contribution is -2.52. The number of aryl methyl sites for hydroxylation is 2. The Balaban J connectivity index is 1.99. The summed E-state index contributed by atoms with van der Waals surface area (Å²) in [5.74, 6) is -0.815. The molecule has 0 saturated carbocycles. The summed E-state index contributed by atoms with van der Waals surface area (Å²) in [6, 6.07) is 1.22. The summed E-state index contributed by atoms with van der Waals surface area (Å²) in [5.41, 5.74) is -1.79. The lowest BCUT2D eigenvalue weighted by atomic mass is 9.73. The van der Waals surface area contributed by atoms with Crippen LogP contribution in [0.5, 0.6) is 11.5 Å². The standard InChI is InChI=1S/C23H22O8/c1-9-5-12-13(21(27)23(4,29)22(28)15(12)8-30-9)7-14-18(25)11(3)20-17(19(14)26)16(24)6-10(2)31-20/h5-6,8,22,25-26,28-29H,7H2,1-4H3. The van der Waals surface area contributed by atoms with Crippen LogP contribution in [0.2, 0.25) is 0 Å². The Morgan fingerprint density at radius 3 is 2.48 bits per heavy atom. The van der Waals surface area contributed by atoms with Gasteiger partial charge in [0.25, 0.3) is 0 Å². The molecule has 0 fully saturated rings. The van der Waals surface area contributed by atoms with E-state index in [-0.39, 0.29) is 45.4 Å². The first-order chi connectivity index (χ1) is 14.4. The van der Waals surface area contributed by atoms with Crippen LogP contribution in [0.25, 0.3) is 11.0 Å². The second-order valence-corrected chi connectivity index (χ2v) is 8.12. The zero-order chi connectivity index (χ0) is 22.8. The van der Waals surface area contributed by atoms with Crippen LogP contribution < -0.4 is 5.43 Å². The highest BCUT2D eigenvalue weighted by Crippen LogP contribution is 2.43. The number of Topliss-reactive ketones (excluding diaryl/α,β-unsaturated/α-hetero) is 1. The maximum absolute atomic E-state index is 13.1. The molecule has 8 nitrogen and oxygen atoms in total. The minimum absolute atomic E-state index is 0.0545. The molecule has 2 aliphatic rings. The Morgan fingerprint density at radius 2 is 1.81 bits per heavy atom. The number of hydrogen-bond acceptors (Lipinski definition) is 8. The number of aromatic hydroxyl groups is 2. The molecule has 8 heteroatoms. The van der Waals surface area contributed by atoms with Gasteiger partial charge in [-0.2, -0.15) is 0 Å². The number of aliphatic hydroxyl groups is 2. The van der Waals surface area contributed by atoms with Gasteiger partial charge in [-0.25, -0.2) is 0 Å². The van der Waals surface area contributed by atoms with Crippen LogP contribution in [0.3, 0.4) is 0 Å². The number of ketones is 1. The zero-order valence-corrected chi connectivity index (χ0v) is 17.4. The van der Waals surface area contributed by atoms with Crippen LogP contribution in [0.15, 0.2) is 50.1 Å². The molecule has 2 atom stereocenters. The predicted octanol–water partition coefficient (Wildman–Crippen LogP) is 2.17. The van der Waals surface area contributed by atoms with Gasteiger partial charge in [-0.1, -0.05) is 0 Å². The third-order valence-electron chi connectivity index (χ3n) is 5.85. The lowest BCUT2D eigenvalue weighted by Gasteiger charge is -2.37. The first kappa shape index (κ1) is 20.9. The molecular formula is C23H22O8. The molecule has 0 amide bonds. The first-order valence-electron chi connectivity index (χ1n) is 9.66. The van der Waals surface area contributed by atoms with Crippen LogP contribution in [0, 0.1) is 13.8 Å². The van der Waals surface area contributed by atoms with Crippen LogP contribution >= 0.6 is 0 Å². The van der Waals surface area contributed by atoms with E-state index in [1.807, 2.05) is 0 Å². The van der Waals surface area contributed by atoms with Crippen LogP contribution in [-0.2, 0) is 16.0 Å². The first-order valence-corrected chi connectivity index (χ1v) is 9.66. The maximum atomic E-state index is 13.1. The number of phenolic OH excluding ortho intramolecular Hbond substituents is 2. The van der Waals surface area contributed by atoms with Crippen molar-refractivity contribution in [2.75, 3.05) is 0 Å². The number of allylic oxidation sites excluding steroid dienone is 2. The van der Waals surface area contributed by atoms with Crippen LogP contribution in [0.4, 0.5) is 0 Å². The predicted molar refractivity (Wildman–Crippen MR) is 111 cm³/mol. The van der Waals surface area contributed by atoms with Gasteiger partial charge < -0.3 is 29.6 Å². The van der Waals surface area contributed by atoms with Gasteiger partial charge in [-0.3, -0.25) is 9.59 Å². The molecule has 162 valence electrons. The molecule has 1 aromatic heterocycles. The van der Waals surface area contributed by atoms with Gasteiger partial charge in [-0.15, -0.1) is 0 Å². The van der Waals surface area contributed by atoms with E-state index in [4.69, 9.17) is 9.15 Å². The van der Waals surface area contributed by atoms with Gasteiger partial charge in [0.05, 0.1) is 6.26 Å². The van der Waals surface area contributed by atoms with E-state index < -0.39 is 28.7 Å². The molecule has 1 aromatic carbocycles. The Bertz CT molecular complexity index is 1300. The van der Waals surface area contributed by atoms with Crippen molar-refractivity contribution in [1.82, 2.24) is 0 Å². The van der Waals surface area contributed by atoms with Crippen molar-refractivity contribution in [2.24, 2.45) is 0 Å². The zero-order valence-electron chi connectivity index (χ0n) is 17.4. The van der Waals surface area contributed by atoms with Crippen molar-refractivity contribution in [3.8, 4) is 11.5 Å². The number of carbonyl (C=O) groups excluding carboxylic acids is 1. The largest absolute Gasteiger partial charge is 0.507 e. The minimum Gasteiger partial charge on any atom is -0.507 e. The SMILES string of the molecule is CC1=CC2=C(Cc3c(O)c(C)c4oc(C)cc(=O)c4c3O)C(=O)C(C)(O)C(O)C2=CO1. The average Bonchev–Trinajstić information content (AvgIpc) is 2.70. The molecule has 2 heterocycles. The quantitative estimate of drug-likeness (QED) is 0.573. The highest BCUT2D eigenvalue weighted by Gasteiger charge is 2.48. The van der Waals surface area contributed by atoms with E-state index >= 15 is 0 Å². The third-order valence-corrected chi connectivity index (χ3v) is 5.85. The summed E-state index contributed by atoms with van der Waals surface area (Å²) in [7, 11) is 0. The normalized spacial score (nSPS) is 23.4. The van der Waals surface area contributed by atoms with Gasteiger partial charge in [0.15, 0.2) is 16.8 Å². The molecule has 2 unspecified atom stereocenters. The number of hydrogen-bond donors (Lipinski definition) is 4. The van der Waals surface area contributed by atoms with Gasteiger partial charge in [0.2, 0.25) is 0 Å². The number of fused-ring (bicyclic) bond motifs is 2. The van der Waals surface area contributed by atoms with E-state index in [0.29, 0.717) is 17.1 Å². The molecule has 2 aromatic rings. The molecule has 0 saturated heterocycles. The number of benzene rings is 1. The van der Waals surface area contributed by atoms with Gasteiger partial charge >= 0.3 is 0 Å². The minimum atomic E-state index is -2.14. The molecule has 0 bridgehead atoms. The Morgan fingerprint density at radius 1 is 1.13 bits per heavy atom. The van der Waals surface area contributed by atoms with Crippen LogP contribution in [0.1, 0.15) is 30.7 Å². The molecule has 4 N–H and O–H groups in total. The van der Waals surface area contributed by atoms with E-state index in [1.165, 1.54) is 26.2 Å². The fourth-order valence-corrected chi connectivity index (χ4v) is 4.08. The van der Waals surface area contributed by atoms with Crippen LogP contribution in [-0.4, -0.2) is 37.9 Å². The average molecular weight is 426 g/mol. The van der Waals surface area contributed by atoms with Gasteiger partial charge in [0.1, 0.15) is 40.1 Å². The third kappa shape index (κ3) is 2.98. The molecule has 1 aliphatic carbocycles. The van der Waals surface area contributed by atoms with Crippen molar-refractivity contribution < 1.29 is 34.4 Å². The monoisotopic (exact) mass is 426 g/mol. The summed E-state index contributed by atoms with van der Waals surface area (Å²) in [6.45, 7) is 5.96. The number of ether oxygens (including phenoxy) is 1. The van der Waals surface area contributed by atoms with E-state index in [2.05, 4.69) is 0 Å².